The normalized spacial score (nSPS) is 15.4. The molecule has 32 heavy (non-hydrogen) atoms. The molecule has 0 radical (unpaired) electrons. The van der Waals surface area contributed by atoms with Gasteiger partial charge in [0.15, 0.2) is 11.0 Å². The highest BCUT2D eigenvalue weighted by Gasteiger charge is 2.30. The summed E-state index contributed by atoms with van der Waals surface area (Å²) in [5.74, 6) is 1.17. The van der Waals surface area contributed by atoms with E-state index in [4.69, 9.17) is 10.5 Å². The topological polar surface area (TPSA) is 124 Å². The molecular formula is C22H32N6O3S. The molecule has 174 valence electrons. The molecule has 10 heteroatoms. The maximum atomic E-state index is 12.6. The van der Waals surface area contributed by atoms with Gasteiger partial charge < -0.3 is 20.4 Å². The number of ether oxygens (including phenoxy) is 1. The summed E-state index contributed by atoms with van der Waals surface area (Å²) < 4.78 is 7.47. The van der Waals surface area contributed by atoms with Crippen LogP contribution < -0.4 is 21.1 Å². The van der Waals surface area contributed by atoms with Crippen LogP contribution in [-0.4, -0.2) is 39.1 Å². The molecule has 1 heterocycles. The Hall–Kier alpha value is -2.75. The monoisotopic (exact) mass is 460 g/mol. The summed E-state index contributed by atoms with van der Waals surface area (Å²) in [7, 11) is 1.64. The van der Waals surface area contributed by atoms with E-state index in [9.17, 15) is 9.59 Å². The highest BCUT2D eigenvalue weighted by atomic mass is 32.2. The van der Waals surface area contributed by atoms with Crippen LogP contribution in [0.4, 0.5) is 10.5 Å². The first kappa shape index (κ1) is 23.9. The van der Waals surface area contributed by atoms with Crippen molar-refractivity contribution in [2.45, 2.75) is 68.9 Å². The minimum atomic E-state index is -0.849. The number of carbonyl (C=O) groups excluding carboxylic acids is 2. The Morgan fingerprint density at radius 3 is 2.66 bits per heavy atom. The Kier molecular flexibility index (Phi) is 8.38. The third-order valence-electron chi connectivity index (χ3n) is 5.54. The van der Waals surface area contributed by atoms with Gasteiger partial charge in [-0.15, -0.1) is 10.2 Å². The van der Waals surface area contributed by atoms with Crippen LogP contribution in [0.2, 0.25) is 0 Å². The van der Waals surface area contributed by atoms with E-state index in [1.165, 1.54) is 18.2 Å². The van der Waals surface area contributed by atoms with Gasteiger partial charge in [0.2, 0.25) is 5.91 Å². The van der Waals surface area contributed by atoms with Crippen LogP contribution in [0.3, 0.4) is 0 Å². The van der Waals surface area contributed by atoms with Gasteiger partial charge in [-0.2, -0.15) is 0 Å². The smallest absolute Gasteiger partial charge is 0.318 e. The molecule has 3 rings (SSSR count). The highest BCUT2D eigenvalue weighted by molar-refractivity contribution is 8.00. The van der Waals surface area contributed by atoms with Crippen molar-refractivity contribution >= 4 is 29.4 Å². The van der Waals surface area contributed by atoms with E-state index >= 15 is 0 Å². The second kappa shape index (κ2) is 11.2. The summed E-state index contributed by atoms with van der Waals surface area (Å²) in [4.78, 5) is 23.8. The van der Waals surface area contributed by atoms with Gasteiger partial charge in [0, 0.05) is 17.8 Å². The SMILES string of the molecule is COc1cccc(NCc2nnc(SC(C(=O)NC(N)=O)C(C)C)n2C2CCCCC2)c1. The van der Waals surface area contributed by atoms with E-state index in [1.54, 1.807) is 7.11 Å². The van der Waals surface area contributed by atoms with Gasteiger partial charge in [0.05, 0.1) is 18.9 Å². The van der Waals surface area contributed by atoms with Crippen LogP contribution in [0.1, 0.15) is 57.8 Å². The quantitative estimate of drug-likeness (QED) is 0.487. The molecule has 1 aliphatic rings. The molecule has 1 atom stereocenters. The molecular weight excluding hydrogens is 428 g/mol. The summed E-state index contributed by atoms with van der Waals surface area (Å²) >= 11 is 1.34. The van der Waals surface area contributed by atoms with Crippen molar-refractivity contribution in [2.75, 3.05) is 12.4 Å². The first-order chi connectivity index (χ1) is 15.4. The van der Waals surface area contributed by atoms with Crippen molar-refractivity contribution in [3.8, 4) is 5.75 Å². The fraction of sp³-hybridized carbons (Fsp3) is 0.545. The molecule has 1 unspecified atom stereocenters. The van der Waals surface area contributed by atoms with Crippen molar-refractivity contribution in [2.24, 2.45) is 11.7 Å². The second-order valence-electron chi connectivity index (χ2n) is 8.28. The third-order valence-corrected chi connectivity index (χ3v) is 7.04. The number of methoxy groups -OCH3 is 1. The number of amides is 3. The maximum Gasteiger partial charge on any atom is 0.318 e. The number of rotatable bonds is 9. The van der Waals surface area contributed by atoms with Crippen LogP contribution in [0.25, 0.3) is 0 Å². The van der Waals surface area contributed by atoms with Crippen LogP contribution >= 0.6 is 11.8 Å². The summed E-state index contributed by atoms with van der Waals surface area (Å²) in [6.45, 7) is 4.37. The maximum absolute atomic E-state index is 12.6. The molecule has 4 N–H and O–H groups in total. The second-order valence-corrected chi connectivity index (χ2v) is 9.39. The molecule has 1 fully saturated rings. The van der Waals surface area contributed by atoms with E-state index in [0.29, 0.717) is 11.7 Å². The Balaban J connectivity index is 1.84. The standard InChI is InChI=1S/C22H32N6O3S/c1-14(2)19(20(29)25-21(23)30)32-22-27-26-18(28(22)16-9-5-4-6-10-16)13-24-15-8-7-11-17(12-15)31-3/h7-8,11-12,14,16,19,24H,4-6,9-10,13H2,1-3H3,(H3,23,25,29,30). The predicted octanol–water partition coefficient (Wildman–Crippen LogP) is 3.72. The number of benzene rings is 1. The molecule has 0 saturated heterocycles. The summed E-state index contributed by atoms with van der Waals surface area (Å²) in [6, 6.07) is 7.17. The number of primary amides is 1. The number of nitrogens with one attached hydrogen (secondary N) is 2. The lowest BCUT2D eigenvalue weighted by Gasteiger charge is -2.27. The van der Waals surface area contributed by atoms with E-state index in [2.05, 4.69) is 25.4 Å². The number of hydrogen-bond acceptors (Lipinski definition) is 7. The van der Waals surface area contributed by atoms with E-state index in [-0.39, 0.29) is 12.0 Å². The fourth-order valence-corrected chi connectivity index (χ4v) is 5.05. The van der Waals surface area contributed by atoms with Gasteiger partial charge in [-0.05, 0) is 30.9 Å². The Morgan fingerprint density at radius 2 is 2.00 bits per heavy atom. The van der Waals surface area contributed by atoms with Crippen molar-refractivity contribution in [1.82, 2.24) is 20.1 Å². The molecule has 0 spiro atoms. The summed E-state index contributed by atoms with van der Waals surface area (Å²) in [5, 5.41) is 14.7. The van der Waals surface area contributed by atoms with E-state index < -0.39 is 17.2 Å². The number of thioether (sulfide) groups is 1. The number of imide groups is 1. The number of hydrogen-bond donors (Lipinski definition) is 3. The lowest BCUT2D eigenvalue weighted by Crippen LogP contribution is -2.42. The predicted molar refractivity (Wildman–Crippen MR) is 125 cm³/mol. The number of nitrogens with zero attached hydrogens (tertiary/aromatic N) is 3. The van der Waals surface area contributed by atoms with Crippen molar-refractivity contribution in [1.29, 1.82) is 0 Å². The zero-order chi connectivity index (χ0) is 23.1. The van der Waals surface area contributed by atoms with Crippen molar-refractivity contribution in [3.05, 3.63) is 30.1 Å². The number of carbonyl (C=O) groups is 2. The van der Waals surface area contributed by atoms with Gasteiger partial charge in [0.25, 0.3) is 0 Å². The van der Waals surface area contributed by atoms with Crippen molar-refractivity contribution < 1.29 is 14.3 Å². The molecule has 0 bridgehead atoms. The van der Waals surface area contributed by atoms with E-state index in [0.717, 1.165) is 42.9 Å². The molecule has 9 nitrogen and oxygen atoms in total. The molecule has 2 aromatic rings. The van der Waals surface area contributed by atoms with Crippen molar-refractivity contribution in [3.63, 3.8) is 0 Å². The minimum Gasteiger partial charge on any atom is -0.497 e. The average molecular weight is 461 g/mol. The Bertz CT molecular complexity index is 926. The zero-order valence-corrected chi connectivity index (χ0v) is 19.7. The number of anilines is 1. The average Bonchev–Trinajstić information content (AvgIpc) is 3.18. The van der Waals surface area contributed by atoms with Gasteiger partial charge in [-0.25, -0.2) is 4.79 Å². The minimum absolute atomic E-state index is 0.0192. The lowest BCUT2D eigenvalue weighted by molar-refractivity contribution is -0.120. The van der Waals surface area contributed by atoms with Gasteiger partial charge in [0.1, 0.15) is 5.75 Å². The number of aromatic nitrogens is 3. The number of nitrogens with two attached hydrogens (primary N) is 1. The highest BCUT2D eigenvalue weighted by Crippen LogP contribution is 2.35. The van der Waals surface area contributed by atoms with Crippen LogP contribution in [0.5, 0.6) is 5.75 Å². The van der Waals surface area contributed by atoms with Gasteiger partial charge in [-0.3, -0.25) is 10.1 Å². The molecule has 0 aliphatic heterocycles. The molecule has 1 aromatic heterocycles. The summed E-state index contributed by atoms with van der Waals surface area (Å²) in [5.41, 5.74) is 6.09. The molecule has 1 aromatic carbocycles. The lowest BCUT2D eigenvalue weighted by atomic mass is 9.95. The molecule has 1 saturated carbocycles. The first-order valence-corrected chi connectivity index (χ1v) is 11.9. The zero-order valence-electron chi connectivity index (χ0n) is 18.8. The van der Waals surface area contributed by atoms with Gasteiger partial charge in [-0.1, -0.05) is 50.9 Å². The van der Waals surface area contributed by atoms with Crippen LogP contribution in [0.15, 0.2) is 29.4 Å². The van der Waals surface area contributed by atoms with Crippen LogP contribution in [-0.2, 0) is 11.3 Å². The third kappa shape index (κ3) is 6.15. The van der Waals surface area contributed by atoms with E-state index in [1.807, 2.05) is 38.1 Å². The fourth-order valence-electron chi connectivity index (χ4n) is 3.93. The molecule has 1 aliphatic carbocycles. The largest absolute Gasteiger partial charge is 0.497 e. The summed E-state index contributed by atoms with van der Waals surface area (Å²) in [6.07, 6.45) is 5.65. The number of urea groups is 1. The van der Waals surface area contributed by atoms with Crippen LogP contribution in [0, 0.1) is 5.92 Å². The Labute approximate surface area is 192 Å². The Morgan fingerprint density at radius 1 is 1.25 bits per heavy atom. The molecule has 3 amide bonds. The first-order valence-electron chi connectivity index (χ1n) is 11.0. The van der Waals surface area contributed by atoms with Gasteiger partial charge >= 0.3 is 6.03 Å².